The van der Waals surface area contributed by atoms with Gasteiger partial charge in [0.15, 0.2) is 11.6 Å². The average Bonchev–Trinajstić information content (AvgIpc) is 3.54. The molecule has 4 heteroatoms. The van der Waals surface area contributed by atoms with Gasteiger partial charge in [0.25, 0.3) is 0 Å². The van der Waals surface area contributed by atoms with Gasteiger partial charge in [-0.25, -0.2) is 15.0 Å². The van der Waals surface area contributed by atoms with Crippen LogP contribution in [0.2, 0.25) is 0 Å². The molecule has 3 aliphatic carbocycles. The standard InChI is InChI=1S/C45H33N3O/c1-44-24-8-7-11-33(44)21-18-30-27-32(20-23-37(30)44)42-46-41(31-19-22-35-29(26-31)17-16-28-10-3-4-12-34(28)35)47-43(48-42)45(2)25-9-15-39-40(45)36-13-5-6-14-38(36)49-39/h3-24,26-27,33H,25H2,1-2H3. The van der Waals surface area contributed by atoms with Crippen LogP contribution in [0.5, 0.6) is 0 Å². The highest BCUT2D eigenvalue weighted by atomic mass is 16.3. The highest BCUT2D eigenvalue weighted by molar-refractivity contribution is 6.08. The number of aromatic nitrogens is 3. The lowest BCUT2D eigenvalue weighted by Gasteiger charge is -2.38. The predicted octanol–water partition coefficient (Wildman–Crippen LogP) is 11.0. The lowest BCUT2D eigenvalue weighted by molar-refractivity contribution is 0.493. The molecule has 0 N–H and O–H groups in total. The van der Waals surface area contributed by atoms with Gasteiger partial charge in [0.05, 0.1) is 5.41 Å². The van der Waals surface area contributed by atoms with Crippen molar-refractivity contribution in [2.24, 2.45) is 5.92 Å². The molecule has 0 aliphatic heterocycles. The molecule has 0 saturated carbocycles. The van der Waals surface area contributed by atoms with Crippen LogP contribution in [0, 0.1) is 5.92 Å². The second-order valence-electron chi connectivity index (χ2n) is 14.0. The van der Waals surface area contributed by atoms with Crippen molar-refractivity contribution in [1.82, 2.24) is 15.0 Å². The summed E-state index contributed by atoms with van der Waals surface area (Å²) in [4.78, 5) is 15.8. The van der Waals surface area contributed by atoms with Gasteiger partial charge in [-0.05, 0) is 70.3 Å². The predicted molar refractivity (Wildman–Crippen MR) is 200 cm³/mol. The number of rotatable bonds is 3. The summed E-state index contributed by atoms with van der Waals surface area (Å²) in [7, 11) is 0. The van der Waals surface area contributed by atoms with Crippen LogP contribution in [-0.2, 0) is 10.8 Å². The zero-order valence-corrected chi connectivity index (χ0v) is 27.4. The molecule has 4 nitrogen and oxygen atoms in total. The molecule has 10 rings (SSSR count). The first-order chi connectivity index (χ1) is 24.0. The van der Waals surface area contributed by atoms with Gasteiger partial charge in [0, 0.05) is 33.4 Å². The SMILES string of the molecule is CC1(c2nc(-c3ccc4c(c3)C=CC3C=CC=CC43C)nc(-c3ccc4c(ccc5ccccc54)c3)n2)CC=Cc2oc3ccccc3c21. The maximum atomic E-state index is 6.36. The van der Waals surface area contributed by atoms with Crippen LogP contribution in [-0.4, -0.2) is 15.0 Å². The number of fused-ring (bicyclic) bond motifs is 9. The molecule has 3 unspecified atom stereocenters. The van der Waals surface area contributed by atoms with Crippen LogP contribution in [0.4, 0.5) is 0 Å². The monoisotopic (exact) mass is 631 g/mol. The molecule has 234 valence electrons. The zero-order valence-electron chi connectivity index (χ0n) is 27.4. The minimum atomic E-state index is -0.524. The van der Waals surface area contributed by atoms with Crippen molar-refractivity contribution in [1.29, 1.82) is 0 Å². The second-order valence-corrected chi connectivity index (χ2v) is 14.0. The number of para-hydroxylation sites is 1. The lowest BCUT2D eigenvalue weighted by atomic mass is 9.65. The van der Waals surface area contributed by atoms with E-state index >= 15 is 0 Å². The van der Waals surface area contributed by atoms with E-state index in [-0.39, 0.29) is 5.41 Å². The van der Waals surface area contributed by atoms with Gasteiger partial charge in [-0.2, -0.15) is 0 Å². The molecule has 0 spiro atoms. The Morgan fingerprint density at radius 2 is 1.43 bits per heavy atom. The first kappa shape index (κ1) is 28.2. The van der Waals surface area contributed by atoms with Crippen molar-refractivity contribution in [2.45, 2.75) is 31.1 Å². The second kappa shape index (κ2) is 10.3. The van der Waals surface area contributed by atoms with Crippen molar-refractivity contribution < 1.29 is 4.42 Å². The lowest BCUT2D eigenvalue weighted by Crippen LogP contribution is -2.31. The van der Waals surface area contributed by atoms with Gasteiger partial charge >= 0.3 is 0 Å². The molecule has 0 fully saturated rings. The molecule has 0 radical (unpaired) electrons. The Kier molecular flexibility index (Phi) is 5.93. The summed E-state index contributed by atoms with van der Waals surface area (Å²) in [6, 6.07) is 34.5. The number of nitrogens with zero attached hydrogens (tertiary/aromatic N) is 3. The molecule has 2 aromatic heterocycles. The van der Waals surface area contributed by atoms with E-state index in [1.165, 1.54) is 27.3 Å². The van der Waals surface area contributed by atoms with Crippen molar-refractivity contribution in [3.8, 4) is 22.8 Å². The molecule has 49 heavy (non-hydrogen) atoms. The number of hydrogen-bond acceptors (Lipinski definition) is 4. The Morgan fingerprint density at radius 3 is 2.33 bits per heavy atom. The molecule has 0 saturated heterocycles. The summed E-state index contributed by atoms with van der Waals surface area (Å²) in [5, 5.41) is 5.95. The maximum absolute atomic E-state index is 6.36. The first-order valence-electron chi connectivity index (χ1n) is 17.0. The van der Waals surface area contributed by atoms with Crippen LogP contribution in [0.15, 0.2) is 138 Å². The van der Waals surface area contributed by atoms with Crippen molar-refractivity contribution in [2.75, 3.05) is 0 Å². The third-order valence-electron chi connectivity index (χ3n) is 11.0. The molecule has 0 bridgehead atoms. The Morgan fingerprint density at radius 1 is 0.673 bits per heavy atom. The molecule has 0 amide bonds. The molecule has 2 heterocycles. The largest absolute Gasteiger partial charge is 0.456 e. The average molecular weight is 632 g/mol. The minimum Gasteiger partial charge on any atom is -0.456 e. The fourth-order valence-electron chi connectivity index (χ4n) is 8.31. The van der Waals surface area contributed by atoms with Gasteiger partial charge in [-0.1, -0.05) is 128 Å². The van der Waals surface area contributed by atoms with Gasteiger partial charge < -0.3 is 4.42 Å². The van der Waals surface area contributed by atoms with E-state index in [1.807, 2.05) is 12.1 Å². The van der Waals surface area contributed by atoms with Crippen molar-refractivity contribution in [3.05, 3.63) is 162 Å². The highest BCUT2D eigenvalue weighted by Crippen LogP contribution is 2.47. The quantitative estimate of drug-likeness (QED) is 0.182. The molecule has 3 atom stereocenters. The Labute approximate surface area is 284 Å². The fourth-order valence-corrected chi connectivity index (χ4v) is 8.31. The van der Waals surface area contributed by atoms with Crippen LogP contribution in [0.3, 0.4) is 0 Å². The molecular weight excluding hydrogens is 599 g/mol. The summed E-state index contributed by atoms with van der Waals surface area (Å²) in [5.74, 6) is 3.29. The van der Waals surface area contributed by atoms with E-state index in [2.05, 4.69) is 147 Å². The zero-order chi connectivity index (χ0) is 32.7. The summed E-state index contributed by atoms with van der Waals surface area (Å²) in [6.45, 7) is 4.57. The van der Waals surface area contributed by atoms with E-state index in [4.69, 9.17) is 19.4 Å². The summed E-state index contributed by atoms with van der Waals surface area (Å²) in [6.07, 6.45) is 18.5. The number of allylic oxidation sites excluding steroid dienone is 6. The summed E-state index contributed by atoms with van der Waals surface area (Å²) < 4.78 is 6.36. The number of benzene rings is 5. The van der Waals surface area contributed by atoms with Crippen LogP contribution in [0.1, 0.15) is 48.5 Å². The highest BCUT2D eigenvalue weighted by Gasteiger charge is 2.40. The van der Waals surface area contributed by atoms with Crippen LogP contribution < -0.4 is 0 Å². The van der Waals surface area contributed by atoms with E-state index in [0.29, 0.717) is 17.6 Å². The summed E-state index contributed by atoms with van der Waals surface area (Å²) >= 11 is 0. The number of hydrogen-bond donors (Lipinski definition) is 0. The Hall–Kier alpha value is -5.87. The van der Waals surface area contributed by atoms with E-state index in [1.54, 1.807) is 0 Å². The van der Waals surface area contributed by atoms with Crippen LogP contribution in [0.25, 0.3) is 67.4 Å². The first-order valence-corrected chi connectivity index (χ1v) is 17.0. The normalized spacial score (nSPS) is 22.0. The van der Waals surface area contributed by atoms with Crippen molar-refractivity contribution >= 4 is 44.7 Å². The van der Waals surface area contributed by atoms with Crippen molar-refractivity contribution in [3.63, 3.8) is 0 Å². The van der Waals surface area contributed by atoms with Gasteiger partial charge in [-0.3, -0.25) is 0 Å². The summed E-state index contributed by atoms with van der Waals surface area (Å²) in [5.41, 5.74) is 5.86. The smallest absolute Gasteiger partial charge is 0.163 e. The number of furan rings is 1. The van der Waals surface area contributed by atoms with Gasteiger partial charge in [0.2, 0.25) is 0 Å². The van der Waals surface area contributed by atoms with E-state index < -0.39 is 5.41 Å². The maximum Gasteiger partial charge on any atom is 0.163 e. The topological polar surface area (TPSA) is 51.8 Å². The third-order valence-corrected chi connectivity index (χ3v) is 11.0. The molecular formula is C45H33N3O. The Balaban J connectivity index is 1.18. The van der Waals surface area contributed by atoms with Gasteiger partial charge in [0.1, 0.15) is 17.2 Å². The molecule has 5 aromatic carbocycles. The fraction of sp³-hybridized carbons (Fsp3) is 0.133. The van der Waals surface area contributed by atoms with E-state index in [9.17, 15) is 0 Å². The third kappa shape index (κ3) is 4.20. The molecule has 7 aromatic rings. The van der Waals surface area contributed by atoms with E-state index in [0.717, 1.165) is 51.1 Å². The molecule has 3 aliphatic rings. The minimum absolute atomic E-state index is 0.0807. The Bertz CT molecular complexity index is 2640. The van der Waals surface area contributed by atoms with Crippen LogP contribution >= 0.6 is 0 Å². The van der Waals surface area contributed by atoms with Gasteiger partial charge in [-0.15, -0.1) is 0 Å².